The molecule has 3 amide bonds. The third-order valence-corrected chi connectivity index (χ3v) is 8.01. The molecule has 0 aromatic heterocycles. The van der Waals surface area contributed by atoms with Gasteiger partial charge in [-0.1, -0.05) is 43.3 Å². The van der Waals surface area contributed by atoms with Gasteiger partial charge in [0, 0.05) is 21.8 Å². The number of esters is 1. The second-order valence-corrected chi connectivity index (χ2v) is 11.2. The Morgan fingerprint density at radius 2 is 1.50 bits per heavy atom. The van der Waals surface area contributed by atoms with Gasteiger partial charge in [-0.05, 0) is 91.7 Å². The lowest BCUT2D eigenvalue weighted by Crippen LogP contribution is -2.30. The number of hydrogen-bond donors (Lipinski definition) is 3. The molecule has 0 aliphatic heterocycles. The topological polar surface area (TPSA) is 123 Å². The Hall–Kier alpha value is -5.35. The minimum absolute atomic E-state index is 0.0527. The van der Waals surface area contributed by atoms with Crippen molar-refractivity contribution in [2.75, 3.05) is 24.4 Å². The van der Waals surface area contributed by atoms with Crippen molar-refractivity contribution in [3.8, 4) is 5.75 Å². The Labute approximate surface area is 272 Å². The molecule has 0 spiro atoms. The van der Waals surface area contributed by atoms with Crippen LogP contribution in [0.25, 0.3) is 6.08 Å². The number of anilines is 2. The molecule has 1 atom stereocenters. The van der Waals surface area contributed by atoms with E-state index in [4.69, 9.17) is 9.47 Å². The number of benzene rings is 4. The average molecular weight is 638 g/mol. The van der Waals surface area contributed by atoms with E-state index >= 15 is 0 Å². The summed E-state index contributed by atoms with van der Waals surface area (Å²) in [6, 6.07) is 29.4. The summed E-state index contributed by atoms with van der Waals surface area (Å²) in [5.74, 6) is -0.891. The molecule has 3 N–H and O–H groups in total. The van der Waals surface area contributed by atoms with Crippen LogP contribution in [0.5, 0.6) is 5.75 Å². The number of nitrogens with one attached hydrogen (secondary N) is 3. The number of carbonyl (C=O) groups is 4. The van der Waals surface area contributed by atoms with Crippen LogP contribution >= 0.6 is 11.8 Å². The summed E-state index contributed by atoms with van der Waals surface area (Å²) >= 11 is 1.36. The fourth-order valence-electron chi connectivity index (χ4n) is 4.27. The van der Waals surface area contributed by atoms with Gasteiger partial charge in [0.2, 0.25) is 5.91 Å². The average Bonchev–Trinajstić information content (AvgIpc) is 3.08. The molecule has 0 aliphatic carbocycles. The van der Waals surface area contributed by atoms with E-state index in [0.29, 0.717) is 40.2 Å². The van der Waals surface area contributed by atoms with Gasteiger partial charge in [0.05, 0.1) is 24.5 Å². The van der Waals surface area contributed by atoms with Crippen molar-refractivity contribution in [1.82, 2.24) is 5.32 Å². The Bertz CT molecular complexity index is 1690. The van der Waals surface area contributed by atoms with Crippen LogP contribution in [0.15, 0.2) is 114 Å². The second-order valence-electron chi connectivity index (χ2n) is 9.94. The van der Waals surface area contributed by atoms with Gasteiger partial charge in [0.25, 0.3) is 11.8 Å². The van der Waals surface area contributed by atoms with E-state index in [9.17, 15) is 19.2 Å². The van der Waals surface area contributed by atoms with Gasteiger partial charge in [0.15, 0.2) is 0 Å². The number of thioether (sulfide) groups is 1. The van der Waals surface area contributed by atoms with Crippen molar-refractivity contribution >= 4 is 52.9 Å². The lowest BCUT2D eigenvalue weighted by atomic mass is 10.1. The summed E-state index contributed by atoms with van der Waals surface area (Å²) < 4.78 is 10.2. The fourth-order valence-corrected chi connectivity index (χ4v) is 5.28. The van der Waals surface area contributed by atoms with Crippen LogP contribution in [0.1, 0.15) is 46.5 Å². The monoisotopic (exact) mass is 637 g/mol. The van der Waals surface area contributed by atoms with E-state index in [0.717, 1.165) is 4.90 Å². The standard InChI is InChI=1S/C36H35N3O6S/c1-4-32(35(42)37-27-18-16-26(17-19-27)36(43)45-5-2)46-30-13-9-12-28(23-30)38-34(41)31(22-24-14-20-29(44-3)21-15-24)39-33(40)25-10-7-6-8-11-25/h6-23,32H,4-5H2,1-3H3,(H,37,42)(H,38,41)(H,39,40)/b31-22+. The summed E-state index contributed by atoms with van der Waals surface area (Å²) in [6.07, 6.45) is 2.14. The fraction of sp³-hybridized carbons (Fsp3) is 0.167. The lowest BCUT2D eigenvalue weighted by Gasteiger charge is -2.16. The van der Waals surface area contributed by atoms with Crippen LogP contribution in [0.4, 0.5) is 11.4 Å². The first-order valence-corrected chi connectivity index (χ1v) is 15.6. The number of amides is 3. The molecule has 0 aliphatic rings. The van der Waals surface area contributed by atoms with Crippen molar-refractivity contribution in [3.63, 3.8) is 0 Å². The zero-order valence-corrected chi connectivity index (χ0v) is 26.6. The smallest absolute Gasteiger partial charge is 0.338 e. The van der Waals surface area contributed by atoms with Crippen molar-refractivity contribution in [1.29, 1.82) is 0 Å². The molecule has 0 saturated carbocycles. The SMILES string of the molecule is CCOC(=O)c1ccc(NC(=O)C(CC)Sc2cccc(NC(=O)/C(=C\c3ccc(OC)cc3)NC(=O)c3ccccc3)c2)cc1. The molecule has 4 aromatic rings. The van der Waals surface area contributed by atoms with Gasteiger partial charge in [-0.25, -0.2) is 4.79 Å². The van der Waals surface area contributed by atoms with Gasteiger partial charge >= 0.3 is 5.97 Å². The van der Waals surface area contributed by atoms with Crippen LogP contribution in [-0.4, -0.2) is 42.7 Å². The van der Waals surface area contributed by atoms with Crippen molar-refractivity contribution in [2.45, 2.75) is 30.4 Å². The van der Waals surface area contributed by atoms with Crippen LogP contribution < -0.4 is 20.7 Å². The minimum atomic E-state index is -0.515. The molecule has 236 valence electrons. The van der Waals surface area contributed by atoms with Crippen LogP contribution in [0.2, 0.25) is 0 Å². The Kier molecular flexibility index (Phi) is 12.1. The van der Waals surface area contributed by atoms with Crippen molar-refractivity contribution in [2.24, 2.45) is 0 Å². The maximum Gasteiger partial charge on any atom is 0.338 e. The molecule has 4 rings (SSSR count). The molecule has 1 unspecified atom stereocenters. The van der Waals surface area contributed by atoms with Gasteiger partial charge in [0.1, 0.15) is 11.4 Å². The maximum absolute atomic E-state index is 13.5. The largest absolute Gasteiger partial charge is 0.497 e. The third kappa shape index (κ3) is 9.57. The number of methoxy groups -OCH3 is 1. The number of carbonyl (C=O) groups excluding carboxylic acids is 4. The lowest BCUT2D eigenvalue weighted by molar-refractivity contribution is -0.116. The number of ether oxygens (including phenoxy) is 2. The van der Waals surface area contributed by atoms with Gasteiger partial charge in [-0.2, -0.15) is 0 Å². The van der Waals surface area contributed by atoms with Crippen molar-refractivity contribution < 1.29 is 28.7 Å². The summed E-state index contributed by atoms with van der Waals surface area (Å²) in [4.78, 5) is 52.2. The highest BCUT2D eigenvalue weighted by Crippen LogP contribution is 2.29. The zero-order chi connectivity index (χ0) is 32.9. The molecular formula is C36H35N3O6S. The van der Waals surface area contributed by atoms with Crippen molar-refractivity contribution in [3.05, 3.63) is 126 Å². The van der Waals surface area contributed by atoms with E-state index in [-0.39, 0.29) is 18.2 Å². The normalized spacial score (nSPS) is 11.6. The molecule has 9 nitrogen and oxygen atoms in total. The Balaban J connectivity index is 1.46. The highest BCUT2D eigenvalue weighted by molar-refractivity contribution is 8.00. The number of rotatable bonds is 13. The van der Waals surface area contributed by atoms with E-state index < -0.39 is 23.0 Å². The molecule has 0 bridgehead atoms. The van der Waals surface area contributed by atoms with Crippen LogP contribution in [-0.2, 0) is 14.3 Å². The summed E-state index contributed by atoms with van der Waals surface area (Å²) in [5, 5.41) is 8.08. The second kappa shape index (κ2) is 16.6. The summed E-state index contributed by atoms with van der Waals surface area (Å²) in [5.41, 5.74) is 2.61. The zero-order valence-electron chi connectivity index (χ0n) is 25.7. The van der Waals surface area contributed by atoms with Gasteiger partial charge in [-0.3, -0.25) is 14.4 Å². The highest BCUT2D eigenvalue weighted by Gasteiger charge is 2.20. The van der Waals surface area contributed by atoms with E-state index in [2.05, 4.69) is 16.0 Å². The molecule has 0 heterocycles. The highest BCUT2D eigenvalue weighted by atomic mass is 32.2. The van der Waals surface area contributed by atoms with Gasteiger partial charge < -0.3 is 25.4 Å². The first kappa shape index (κ1) is 33.5. The predicted molar refractivity (Wildman–Crippen MR) is 181 cm³/mol. The Morgan fingerprint density at radius 3 is 2.15 bits per heavy atom. The summed E-state index contributed by atoms with van der Waals surface area (Å²) in [7, 11) is 1.57. The first-order chi connectivity index (χ1) is 22.3. The number of hydrogen-bond acceptors (Lipinski definition) is 7. The molecule has 0 fully saturated rings. The van der Waals surface area contributed by atoms with Gasteiger partial charge in [-0.15, -0.1) is 11.8 Å². The summed E-state index contributed by atoms with van der Waals surface area (Å²) in [6.45, 7) is 3.94. The molecule has 0 saturated heterocycles. The Morgan fingerprint density at radius 1 is 0.783 bits per heavy atom. The van der Waals surface area contributed by atoms with Crippen LogP contribution in [0.3, 0.4) is 0 Å². The molecule has 4 aromatic carbocycles. The third-order valence-electron chi connectivity index (χ3n) is 6.65. The van der Waals surface area contributed by atoms with E-state index in [1.165, 1.54) is 11.8 Å². The van der Waals surface area contributed by atoms with Crippen LogP contribution in [0, 0.1) is 0 Å². The predicted octanol–water partition coefficient (Wildman–Crippen LogP) is 6.79. The molecule has 0 radical (unpaired) electrons. The maximum atomic E-state index is 13.5. The molecular weight excluding hydrogens is 602 g/mol. The minimum Gasteiger partial charge on any atom is -0.497 e. The quantitative estimate of drug-likeness (QED) is 0.0838. The van der Waals surface area contributed by atoms with E-state index in [1.54, 1.807) is 117 Å². The molecule has 10 heteroatoms. The first-order valence-electron chi connectivity index (χ1n) is 14.7. The van der Waals surface area contributed by atoms with E-state index in [1.807, 2.05) is 13.0 Å². The molecule has 46 heavy (non-hydrogen) atoms.